The Bertz CT molecular complexity index is 727. The molecule has 2 aromatic heterocycles. The number of thiophene rings is 1. The van der Waals surface area contributed by atoms with Gasteiger partial charge in [-0.1, -0.05) is 11.3 Å². The molecule has 2 N–H and O–H groups in total. The summed E-state index contributed by atoms with van der Waals surface area (Å²) in [5, 5.41) is 18.4. The lowest BCUT2D eigenvalue weighted by molar-refractivity contribution is -0.117. The number of tetrazole rings is 1. The number of halogens is 1. The minimum Gasteiger partial charge on any atom is -0.325 e. The van der Waals surface area contributed by atoms with Crippen molar-refractivity contribution in [1.29, 1.82) is 0 Å². The van der Waals surface area contributed by atoms with Gasteiger partial charge in [0.05, 0.1) is 0 Å². The maximum atomic E-state index is 12.9. The minimum absolute atomic E-state index is 0.263. The summed E-state index contributed by atoms with van der Waals surface area (Å²) in [6.07, 6.45) is 0.476. The van der Waals surface area contributed by atoms with Gasteiger partial charge in [-0.2, -0.15) is 5.21 Å². The minimum atomic E-state index is -0.567. The zero-order valence-corrected chi connectivity index (χ0v) is 12.2. The molecular formula is C14H12FN5OS. The lowest BCUT2D eigenvalue weighted by atomic mass is 10.0. The highest BCUT2D eigenvalue weighted by Gasteiger charge is 2.25. The fraction of sp³-hybridized carbons (Fsp3) is 0.143. The molecule has 0 radical (unpaired) electrons. The highest BCUT2D eigenvalue weighted by molar-refractivity contribution is 7.09. The standard InChI is InChI=1S/C14H12FN5OS/c15-9-3-5-10(6-4-9)16-14(21)12(13-17-19-20-18-13)8-11-2-1-7-22-11/h1-7,12H,8H2,(H,16,21)(H,17,18,19,20)/t12-/m1/s1. The van der Waals surface area contributed by atoms with Gasteiger partial charge >= 0.3 is 0 Å². The van der Waals surface area contributed by atoms with E-state index in [1.165, 1.54) is 24.3 Å². The molecule has 1 amide bonds. The summed E-state index contributed by atoms with van der Waals surface area (Å²) in [6, 6.07) is 9.46. The maximum Gasteiger partial charge on any atom is 0.235 e. The van der Waals surface area contributed by atoms with E-state index in [1.807, 2.05) is 17.5 Å². The lowest BCUT2D eigenvalue weighted by Crippen LogP contribution is -2.24. The zero-order chi connectivity index (χ0) is 15.4. The van der Waals surface area contributed by atoms with Gasteiger partial charge in [0.25, 0.3) is 0 Å². The molecule has 3 rings (SSSR count). The van der Waals surface area contributed by atoms with Crippen LogP contribution < -0.4 is 5.32 Å². The van der Waals surface area contributed by atoms with Crippen molar-refractivity contribution in [3.63, 3.8) is 0 Å². The van der Waals surface area contributed by atoms with Crippen LogP contribution in [-0.2, 0) is 11.2 Å². The third-order valence-electron chi connectivity index (χ3n) is 3.09. The fourth-order valence-corrected chi connectivity index (χ4v) is 2.76. The third-order valence-corrected chi connectivity index (χ3v) is 3.99. The van der Waals surface area contributed by atoms with Crippen LogP contribution >= 0.6 is 11.3 Å². The van der Waals surface area contributed by atoms with Crippen molar-refractivity contribution in [3.05, 3.63) is 58.3 Å². The Balaban J connectivity index is 1.79. The SMILES string of the molecule is O=C(Nc1ccc(F)cc1)[C@H](Cc1cccs1)c1nn[nH]n1. The topological polar surface area (TPSA) is 83.6 Å². The number of carbonyl (C=O) groups excluding carboxylic acids is 1. The van der Waals surface area contributed by atoms with Crippen molar-refractivity contribution >= 4 is 22.9 Å². The summed E-state index contributed by atoms with van der Waals surface area (Å²) < 4.78 is 12.9. The Labute approximate surface area is 129 Å². The van der Waals surface area contributed by atoms with Crippen LogP contribution in [0.15, 0.2) is 41.8 Å². The Morgan fingerprint density at radius 2 is 2.14 bits per heavy atom. The monoisotopic (exact) mass is 317 g/mol. The molecule has 8 heteroatoms. The number of hydrogen-bond acceptors (Lipinski definition) is 5. The molecule has 0 saturated carbocycles. The molecule has 0 aliphatic carbocycles. The van der Waals surface area contributed by atoms with Gasteiger partial charge in [0.1, 0.15) is 11.7 Å². The number of hydrogen-bond donors (Lipinski definition) is 2. The number of nitrogens with one attached hydrogen (secondary N) is 2. The molecule has 0 spiro atoms. The first kappa shape index (κ1) is 14.3. The van der Waals surface area contributed by atoms with Gasteiger partial charge in [0.2, 0.25) is 5.91 Å². The first-order valence-electron chi connectivity index (χ1n) is 6.54. The van der Waals surface area contributed by atoms with Crippen molar-refractivity contribution in [2.24, 2.45) is 0 Å². The van der Waals surface area contributed by atoms with Crippen molar-refractivity contribution < 1.29 is 9.18 Å². The van der Waals surface area contributed by atoms with Crippen LogP contribution in [-0.4, -0.2) is 26.5 Å². The summed E-state index contributed by atoms with van der Waals surface area (Å²) >= 11 is 1.56. The summed E-state index contributed by atoms with van der Waals surface area (Å²) in [4.78, 5) is 13.5. The number of aromatic nitrogens is 4. The van der Waals surface area contributed by atoms with E-state index >= 15 is 0 Å². The predicted molar refractivity (Wildman–Crippen MR) is 80.0 cm³/mol. The molecule has 22 heavy (non-hydrogen) atoms. The Kier molecular flexibility index (Phi) is 4.19. The van der Waals surface area contributed by atoms with E-state index in [4.69, 9.17) is 0 Å². The van der Waals surface area contributed by atoms with Crippen LogP contribution in [0.1, 0.15) is 16.6 Å². The van der Waals surface area contributed by atoms with Crippen LogP contribution in [0.2, 0.25) is 0 Å². The second-order valence-corrected chi connectivity index (χ2v) is 5.63. The van der Waals surface area contributed by atoms with Crippen molar-refractivity contribution in [2.45, 2.75) is 12.3 Å². The Morgan fingerprint density at radius 3 is 2.77 bits per heavy atom. The van der Waals surface area contributed by atoms with E-state index in [2.05, 4.69) is 25.9 Å². The molecule has 0 bridgehead atoms. The molecule has 6 nitrogen and oxygen atoms in total. The third kappa shape index (κ3) is 3.34. The average molecular weight is 317 g/mol. The van der Waals surface area contributed by atoms with Gasteiger partial charge in [-0.05, 0) is 35.7 Å². The average Bonchev–Trinajstić information content (AvgIpc) is 3.20. The molecule has 0 fully saturated rings. The highest BCUT2D eigenvalue weighted by atomic mass is 32.1. The molecular weight excluding hydrogens is 305 g/mol. The second kappa shape index (κ2) is 6.44. The van der Waals surface area contributed by atoms with Crippen molar-refractivity contribution in [2.75, 3.05) is 5.32 Å². The lowest BCUT2D eigenvalue weighted by Gasteiger charge is -2.12. The Morgan fingerprint density at radius 1 is 1.32 bits per heavy atom. The predicted octanol–water partition coefficient (Wildman–Crippen LogP) is 2.37. The second-order valence-electron chi connectivity index (χ2n) is 4.60. The molecule has 0 unspecified atom stereocenters. The number of anilines is 1. The number of H-pyrrole nitrogens is 1. The van der Waals surface area contributed by atoms with Gasteiger partial charge in [-0.25, -0.2) is 4.39 Å². The molecule has 1 atom stereocenters. The van der Waals surface area contributed by atoms with E-state index in [0.717, 1.165) is 4.88 Å². The van der Waals surface area contributed by atoms with Gasteiger partial charge in [0.15, 0.2) is 5.82 Å². The molecule has 0 aliphatic rings. The van der Waals surface area contributed by atoms with Gasteiger partial charge in [-0.3, -0.25) is 4.79 Å². The quantitative estimate of drug-likeness (QED) is 0.756. The number of amides is 1. The van der Waals surface area contributed by atoms with Crippen molar-refractivity contribution in [1.82, 2.24) is 20.6 Å². The van der Waals surface area contributed by atoms with E-state index in [-0.39, 0.29) is 11.7 Å². The van der Waals surface area contributed by atoms with Crippen LogP contribution in [0.3, 0.4) is 0 Å². The summed E-state index contributed by atoms with van der Waals surface area (Å²) in [6.45, 7) is 0. The van der Waals surface area contributed by atoms with Crippen LogP contribution in [0, 0.1) is 5.82 Å². The molecule has 0 aliphatic heterocycles. The van der Waals surface area contributed by atoms with Gasteiger partial charge in [0, 0.05) is 17.0 Å². The number of carbonyl (C=O) groups is 1. The number of nitrogens with zero attached hydrogens (tertiary/aromatic N) is 3. The maximum absolute atomic E-state index is 12.9. The van der Waals surface area contributed by atoms with Crippen LogP contribution in [0.25, 0.3) is 0 Å². The van der Waals surface area contributed by atoms with E-state index in [0.29, 0.717) is 17.9 Å². The Hall–Kier alpha value is -2.61. The summed E-state index contributed by atoms with van der Waals surface area (Å²) in [5.41, 5.74) is 0.520. The van der Waals surface area contributed by atoms with Crippen LogP contribution in [0.5, 0.6) is 0 Å². The van der Waals surface area contributed by atoms with Crippen molar-refractivity contribution in [3.8, 4) is 0 Å². The van der Waals surface area contributed by atoms with E-state index in [9.17, 15) is 9.18 Å². The molecule has 112 valence electrons. The van der Waals surface area contributed by atoms with Gasteiger partial charge < -0.3 is 5.32 Å². The zero-order valence-electron chi connectivity index (χ0n) is 11.4. The number of benzene rings is 1. The molecule has 2 heterocycles. The number of aromatic amines is 1. The highest BCUT2D eigenvalue weighted by Crippen LogP contribution is 2.22. The summed E-state index contributed by atoms with van der Waals surface area (Å²) in [7, 11) is 0. The van der Waals surface area contributed by atoms with Crippen LogP contribution in [0.4, 0.5) is 10.1 Å². The molecule has 3 aromatic rings. The van der Waals surface area contributed by atoms with Gasteiger partial charge in [-0.15, -0.1) is 21.5 Å². The molecule has 0 saturated heterocycles. The first-order valence-corrected chi connectivity index (χ1v) is 7.42. The molecule has 1 aromatic carbocycles. The fourth-order valence-electron chi connectivity index (χ4n) is 2.01. The first-order chi connectivity index (χ1) is 10.7. The van der Waals surface area contributed by atoms with E-state index in [1.54, 1.807) is 11.3 Å². The number of rotatable bonds is 5. The summed E-state index contributed by atoms with van der Waals surface area (Å²) in [5.74, 6) is -0.858. The van der Waals surface area contributed by atoms with E-state index < -0.39 is 5.92 Å². The largest absolute Gasteiger partial charge is 0.325 e. The smallest absolute Gasteiger partial charge is 0.235 e. The normalized spacial score (nSPS) is 12.0.